The van der Waals surface area contributed by atoms with Crippen LogP contribution in [0.25, 0.3) is 0 Å². The highest BCUT2D eigenvalue weighted by Gasteiger charge is 2.10. The van der Waals surface area contributed by atoms with Gasteiger partial charge in [-0.05, 0) is 86.3 Å². The molecule has 0 aliphatic carbocycles. The van der Waals surface area contributed by atoms with Crippen molar-refractivity contribution < 1.29 is 13.6 Å². The van der Waals surface area contributed by atoms with Gasteiger partial charge in [0.25, 0.3) is 0 Å². The number of halogens is 4. The van der Waals surface area contributed by atoms with Crippen molar-refractivity contribution in [2.24, 2.45) is 0 Å². The Bertz CT molecular complexity index is 1060. The zero-order valence-corrected chi connectivity index (χ0v) is 22.6. The zero-order chi connectivity index (χ0) is 24.2. The maximum Gasteiger partial charge on any atom is 0.319 e. The van der Waals surface area contributed by atoms with E-state index in [0.29, 0.717) is 24.9 Å². The number of carbonyl (C=O) groups excluding carboxylic acids is 1. The van der Waals surface area contributed by atoms with Crippen LogP contribution in [0.15, 0.2) is 72.8 Å². The molecule has 8 heteroatoms. The predicted octanol–water partition coefficient (Wildman–Crippen LogP) is 6.93. The quantitative estimate of drug-likeness (QED) is 0.172. The van der Waals surface area contributed by atoms with E-state index in [2.05, 4.69) is 15.5 Å². The van der Waals surface area contributed by atoms with Crippen LogP contribution in [-0.4, -0.2) is 37.1 Å². The van der Waals surface area contributed by atoms with Crippen molar-refractivity contribution in [2.45, 2.75) is 25.7 Å². The van der Waals surface area contributed by atoms with Crippen LogP contribution in [0, 0.1) is 11.6 Å². The SMILES string of the molecule is I.O=C(NCCCN(CCCc1cc(F)ccc1F)CCc1ccccc1Cl)Nc1ccccc1. The molecule has 0 radical (unpaired) electrons. The number of hydrogen-bond acceptors (Lipinski definition) is 2. The van der Waals surface area contributed by atoms with E-state index in [1.54, 1.807) is 0 Å². The first kappa shape index (κ1) is 29.0. The molecule has 0 bridgehead atoms. The Hall–Kier alpha value is -2.23. The molecule has 188 valence electrons. The molecule has 2 amide bonds. The molecule has 35 heavy (non-hydrogen) atoms. The molecule has 3 aromatic carbocycles. The zero-order valence-electron chi connectivity index (χ0n) is 19.5. The molecule has 0 aliphatic heterocycles. The van der Waals surface area contributed by atoms with E-state index in [9.17, 15) is 13.6 Å². The number of nitrogens with one attached hydrogen (secondary N) is 2. The van der Waals surface area contributed by atoms with Crippen LogP contribution in [0.1, 0.15) is 24.0 Å². The topological polar surface area (TPSA) is 44.4 Å². The van der Waals surface area contributed by atoms with Crippen molar-refractivity contribution in [2.75, 3.05) is 31.5 Å². The molecule has 3 aromatic rings. The molecule has 0 unspecified atom stereocenters. The monoisotopic (exact) mass is 613 g/mol. The average molecular weight is 614 g/mol. The molecular weight excluding hydrogens is 583 g/mol. The van der Waals surface area contributed by atoms with E-state index < -0.39 is 5.82 Å². The van der Waals surface area contributed by atoms with Crippen LogP contribution in [0.5, 0.6) is 0 Å². The molecular formula is C27H31ClF2IN3O. The van der Waals surface area contributed by atoms with Gasteiger partial charge in [-0.2, -0.15) is 0 Å². The normalized spacial score (nSPS) is 10.6. The highest BCUT2D eigenvalue weighted by molar-refractivity contribution is 14.0. The van der Waals surface area contributed by atoms with Gasteiger partial charge in [0.2, 0.25) is 0 Å². The summed E-state index contributed by atoms with van der Waals surface area (Å²) in [5.41, 5.74) is 2.21. The Balaban J connectivity index is 0.00000432. The summed E-state index contributed by atoms with van der Waals surface area (Å²) in [6.07, 6.45) is 2.71. The summed E-state index contributed by atoms with van der Waals surface area (Å²) in [5.74, 6) is -0.801. The maximum absolute atomic E-state index is 13.9. The molecule has 0 atom stereocenters. The average Bonchev–Trinajstić information content (AvgIpc) is 2.83. The number of para-hydroxylation sites is 1. The summed E-state index contributed by atoms with van der Waals surface area (Å²) in [6, 6.07) is 20.4. The fraction of sp³-hybridized carbons (Fsp3) is 0.296. The first-order valence-electron chi connectivity index (χ1n) is 11.5. The second-order valence-corrected chi connectivity index (χ2v) is 8.53. The van der Waals surface area contributed by atoms with Gasteiger partial charge >= 0.3 is 6.03 Å². The third kappa shape index (κ3) is 10.5. The molecule has 4 nitrogen and oxygen atoms in total. The molecule has 0 saturated heterocycles. The maximum atomic E-state index is 13.9. The van der Waals surface area contributed by atoms with E-state index in [1.807, 2.05) is 54.6 Å². The number of nitrogens with zero attached hydrogens (tertiary/aromatic N) is 1. The van der Waals surface area contributed by atoms with Gasteiger partial charge < -0.3 is 15.5 Å². The van der Waals surface area contributed by atoms with Crippen molar-refractivity contribution in [3.05, 3.63) is 101 Å². The van der Waals surface area contributed by atoms with Gasteiger partial charge in [0.1, 0.15) is 11.6 Å². The highest BCUT2D eigenvalue weighted by atomic mass is 127. The first-order chi connectivity index (χ1) is 16.5. The first-order valence-corrected chi connectivity index (χ1v) is 11.9. The van der Waals surface area contributed by atoms with E-state index >= 15 is 0 Å². The van der Waals surface area contributed by atoms with Crippen molar-refractivity contribution in [3.63, 3.8) is 0 Å². The number of benzene rings is 3. The summed E-state index contributed by atoms with van der Waals surface area (Å²) < 4.78 is 27.4. The van der Waals surface area contributed by atoms with Gasteiger partial charge in [0.05, 0.1) is 0 Å². The minimum atomic E-state index is -0.424. The number of hydrogen-bond donors (Lipinski definition) is 2. The third-order valence-corrected chi connectivity index (χ3v) is 5.92. The summed E-state index contributed by atoms with van der Waals surface area (Å²) in [5, 5.41) is 6.42. The van der Waals surface area contributed by atoms with E-state index in [0.717, 1.165) is 54.8 Å². The van der Waals surface area contributed by atoms with Gasteiger partial charge in [0, 0.05) is 23.8 Å². The molecule has 0 fully saturated rings. The van der Waals surface area contributed by atoms with Crippen LogP contribution in [0.2, 0.25) is 5.02 Å². The van der Waals surface area contributed by atoms with Crippen molar-refractivity contribution in [3.8, 4) is 0 Å². The van der Waals surface area contributed by atoms with Crippen molar-refractivity contribution in [1.82, 2.24) is 10.2 Å². The number of urea groups is 1. The summed E-state index contributed by atoms with van der Waals surface area (Å²) >= 11 is 6.30. The summed E-state index contributed by atoms with van der Waals surface area (Å²) in [7, 11) is 0. The molecule has 0 spiro atoms. The number of rotatable bonds is 12. The molecule has 3 rings (SSSR count). The van der Waals surface area contributed by atoms with Gasteiger partial charge in [-0.15, -0.1) is 24.0 Å². The minimum Gasteiger partial charge on any atom is -0.338 e. The molecule has 0 saturated carbocycles. The number of amides is 2. The fourth-order valence-corrected chi connectivity index (χ4v) is 3.97. The number of anilines is 1. The molecule has 0 aliphatic rings. The van der Waals surface area contributed by atoms with Crippen LogP contribution >= 0.6 is 35.6 Å². The smallest absolute Gasteiger partial charge is 0.319 e. The lowest BCUT2D eigenvalue weighted by molar-refractivity contribution is 0.248. The van der Waals surface area contributed by atoms with Gasteiger partial charge in [0.15, 0.2) is 0 Å². The lowest BCUT2D eigenvalue weighted by Crippen LogP contribution is -2.34. The molecule has 0 heterocycles. The van der Waals surface area contributed by atoms with Crippen LogP contribution in [0.3, 0.4) is 0 Å². The number of carbonyl (C=O) groups is 1. The summed E-state index contributed by atoms with van der Waals surface area (Å²) in [4.78, 5) is 14.4. The molecule has 2 N–H and O–H groups in total. The Labute approximate surface area is 228 Å². The number of aryl methyl sites for hydroxylation is 1. The fourth-order valence-electron chi connectivity index (χ4n) is 3.74. The van der Waals surface area contributed by atoms with E-state index in [4.69, 9.17) is 11.6 Å². The summed E-state index contributed by atoms with van der Waals surface area (Å²) in [6.45, 7) is 2.81. The van der Waals surface area contributed by atoms with Crippen LogP contribution < -0.4 is 10.6 Å². The lowest BCUT2D eigenvalue weighted by atomic mass is 10.1. The Morgan fingerprint density at radius 3 is 2.31 bits per heavy atom. The van der Waals surface area contributed by atoms with Crippen LogP contribution in [-0.2, 0) is 12.8 Å². The Morgan fingerprint density at radius 2 is 1.54 bits per heavy atom. The van der Waals surface area contributed by atoms with Crippen LogP contribution in [0.4, 0.5) is 19.3 Å². The second-order valence-electron chi connectivity index (χ2n) is 8.12. The van der Waals surface area contributed by atoms with Gasteiger partial charge in [-0.3, -0.25) is 0 Å². The molecule has 0 aromatic heterocycles. The Morgan fingerprint density at radius 1 is 0.829 bits per heavy atom. The van der Waals surface area contributed by atoms with Gasteiger partial charge in [-0.25, -0.2) is 13.6 Å². The largest absolute Gasteiger partial charge is 0.338 e. The second kappa shape index (κ2) is 15.7. The van der Waals surface area contributed by atoms with Crippen molar-refractivity contribution >= 4 is 47.3 Å². The standard InChI is InChI=1S/C27H30ClF2N3O.HI/c28-25-12-5-4-8-21(25)15-19-33(17-6-9-22-20-23(29)13-14-26(22)30)18-7-16-31-27(34)32-24-10-2-1-3-11-24;/h1-5,8,10-14,20H,6-7,9,15-19H2,(H2,31,32,34);1H. The Kier molecular flexibility index (Phi) is 13.0. The van der Waals surface area contributed by atoms with Gasteiger partial charge in [-0.1, -0.05) is 48.0 Å². The van der Waals surface area contributed by atoms with E-state index in [-0.39, 0.29) is 35.8 Å². The van der Waals surface area contributed by atoms with E-state index in [1.165, 1.54) is 12.1 Å². The minimum absolute atomic E-state index is 0. The van der Waals surface area contributed by atoms with Crippen molar-refractivity contribution in [1.29, 1.82) is 0 Å². The lowest BCUT2D eigenvalue weighted by Gasteiger charge is -2.23. The predicted molar refractivity (Wildman–Crippen MR) is 150 cm³/mol. The third-order valence-electron chi connectivity index (χ3n) is 5.55. The highest BCUT2D eigenvalue weighted by Crippen LogP contribution is 2.16.